The summed E-state index contributed by atoms with van der Waals surface area (Å²) in [5.41, 5.74) is 0.707. The highest BCUT2D eigenvalue weighted by atomic mass is 19.1. The summed E-state index contributed by atoms with van der Waals surface area (Å²) in [4.78, 5) is 14.3. The first-order valence-electron chi connectivity index (χ1n) is 10.1. The lowest BCUT2D eigenvalue weighted by molar-refractivity contribution is 0.0720. The van der Waals surface area contributed by atoms with E-state index in [-0.39, 0.29) is 17.5 Å². The molecule has 1 aliphatic carbocycles. The predicted octanol–water partition coefficient (Wildman–Crippen LogP) is 3.82. The van der Waals surface area contributed by atoms with Crippen molar-refractivity contribution in [2.75, 3.05) is 13.7 Å². The van der Waals surface area contributed by atoms with Gasteiger partial charge in [0.2, 0.25) is 0 Å². The Morgan fingerprint density at radius 2 is 2.04 bits per heavy atom. The molecule has 0 spiro atoms. The van der Waals surface area contributed by atoms with Gasteiger partial charge in [-0.05, 0) is 63.0 Å². The Bertz CT molecular complexity index is 744. The zero-order chi connectivity index (χ0) is 20.4. The molecule has 5 nitrogen and oxygen atoms in total. The van der Waals surface area contributed by atoms with Crippen LogP contribution in [0.2, 0.25) is 0 Å². The van der Waals surface area contributed by atoms with Crippen LogP contribution in [0.15, 0.2) is 24.5 Å². The van der Waals surface area contributed by atoms with E-state index in [1.165, 1.54) is 6.07 Å². The lowest BCUT2D eigenvalue weighted by atomic mass is 9.78. The Morgan fingerprint density at radius 1 is 1.36 bits per heavy atom. The van der Waals surface area contributed by atoms with Crippen LogP contribution in [0.3, 0.4) is 0 Å². The minimum absolute atomic E-state index is 0.0406. The number of rotatable bonds is 7. The maximum absolute atomic E-state index is 14.1. The van der Waals surface area contributed by atoms with Crippen molar-refractivity contribution in [2.45, 2.75) is 58.2 Å². The minimum atomic E-state index is -0.791. The number of nitrogens with zero attached hydrogens (tertiary/aromatic N) is 1. The van der Waals surface area contributed by atoms with Crippen molar-refractivity contribution in [3.05, 3.63) is 41.4 Å². The second-order valence-electron chi connectivity index (χ2n) is 8.25. The quantitative estimate of drug-likeness (QED) is 0.695. The van der Waals surface area contributed by atoms with Crippen LogP contribution < -0.4 is 5.32 Å². The molecule has 2 atom stereocenters. The summed E-state index contributed by atoms with van der Waals surface area (Å²) in [7, 11) is 1.64. The number of halogens is 1. The van der Waals surface area contributed by atoms with Gasteiger partial charge >= 0.3 is 0 Å². The fraction of sp³-hybridized carbons (Fsp3) is 0.591. The Balaban J connectivity index is 1.51. The third-order valence-corrected chi connectivity index (χ3v) is 6.41. The Hall–Kier alpha value is -2.08. The summed E-state index contributed by atoms with van der Waals surface area (Å²) >= 11 is 0. The van der Waals surface area contributed by atoms with Gasteiger partial charge in [0.25, 0.3) is 5.91 Å². The SMILES string of the molecule is C=C(OC)[C@@H](C)NC(C)C1CCC(CN2Cc3ccc(O)c(F)c3C2=O)CC1. The maximum atomic E-state index is 14.1. The van der Waals surface area contributed by atoms with Crippen LogP contribution in [0.25, 0.3) is 0 Å². The van der Waals surface area contributed by atoms with Gasteiger partial charge in [0.1, 0.15) is 5.76 Å². The number of methoxy groups -OCH3 is 1. The van der Waals surface area contributed by atoms with E-state index in [9.17, 15) is 14.3 Å². The van der Waals surface area contributed by atoms with E-state index in [0.29, 0.717) is 36.5 Å². The van der Waals surface area contributed by atoms with Gasteiger partial charge in [0.05, 0.1) is 18.7 Å². The van der Waals surface area contributed by atoms with Crippen LogP contribution in [0.5, 0.6) is 5.75 Å². The molecule has 0 bridgehead atoms. The van der Waals surface area contributed by atoms with Gasteiger partial charge < -0.3 is 20.1 Å². The average Bonchev–Trinajstić information content (AvgIpc) is 3.00. The van der Waals surface area contributed by atoms with Gasteiger partial charge in [-0.1, -0.05) is 12.6 Å². The second kappa shape index (κ2) is 8.52. The van der Waals surface area contributed by atoms with E-state index in [1.807, 2.05) is 0 Å². The summed E-state index contributed by atoms with van der Waals surface area (Å²) in [6.07, 6.45) is 4.33. The molecule has 1 unspecified atom stereocenters. The molecule has 1 amide bonds. The van der Waals surface area contributed by atoms with E-state index in [1.54, 1.807) is 18.1 Å². The Morgan fingerprint density at radius 3 is 2.68 bits per heavy atom. The number of carbonyl (C=O) groups is 1. The molecule has 1 aliphatic heterocycles. The largest absolute Gasteiger partial charge is 0.505 e. The summed E-state index contributed by atoms with van der Waals surface area (Å²) in [6.45, 7) is 9.26. The van der Waals surface area contributed by atoms with Crippen LogP contribution in [0.1, 0.15) is 55.5 Å². The molecule has 28 heavy (non-hydrogen) atoms. The summed E-state index contributed by atoms with van der Waals surface area (Å²) in [6, 6.07) is 3.46. The number of hydrogen-bond acceptors (Lipinski definition) is 4. The monoisotopic (exact) mass is 390 g/mol. The molecule has 6 heteroatoms. The molecule has 1 fully saturated rings. The van der Waals surface area contributed by atoms with E-state index in [0.717, 1.165) is 31.4 Å². The Kier molecular flexibility index (Phi) is 6.28. The molecule has 0 radical (unpaired) electrons. The van der Waals surface area contributed by atoms with Crippen molar-refractivity contribution in [1.29, 1.82) is 0 Å². The van der Waals surface area contributed by atoms with Gasteiger partial charge in [-0.2, -0.15) is 0 Å². The fourth-order valence-electron chi connectivity index (χ4n) is 4.53. The highest BCUT2D eigenvalue weighted by Gasteiger charge is 2.34. The van der Waals surface area contributed by atoms with Crippen molar-refractivity contribution in [2.24, 2.45) is 11.8 Å². The molecule has 1 aromatic rings. The highest BCUT2D eigenvalue weighted by Crippen LogP contribution is 2.35. The van der Waals surface area contributed by atoms with Gasteiger partial charge in [0, 0.05) is 19.1 Å². The van der Waals surface area contributed by atoms with E-state index in [2.05, 4.69) is 25.7 Å². The van der Waals surface area contributed by atoms with Crippen molar-refractivity contribution in [1.82, 2.24) is 10.2 Å². The molecular formula is C22H31FN2O3. The number of phenolic OH excluding ortho intramolecular Hbond substituents is 1. The van der Waals surface area contributed by atoms with Crippen molar-refractivity contribution in [3.8, 4) is 5.75 Å². The summed E-state index contributed by atoms with van der Waals surface area (Å²) < 4.78 is 19.3. The van der Waals surface area contributed by atoms with Crippen molar-refractivity contribution < 1.29 is 19.0 Å². The van der Waals surface area contributed by atoms with E-state index < -0.39 is 11.6 Å². The molecule has 3 rings (SSSR count). The molecule has 1 aromatic carbocycles. The standard InChI is InChI=1S/C22H31FN2O3/c1-13(15(3)28-4)24-14(2)17-7-5-16(6-8-17)11-25-12-18-9-10-19(26)21(23)20(18)22(25)27/h9-10,13-14,16-17,24,26H,3,5-8,11-12H2,1-2,4H3/t13-,14?,16?,17?/m1/s1. The number of hydrogen-bond donors (Lipinski definition) is 2. The summed E-state index contributed by atoms with van der Waals surface area (Å²) in [5.74, 6) is 0.217. The molecule has 1 heterocycles. The van der Waals surface area contributed by atoms with Gasteiger partial charge in [0.15, 0.2) is 11.6 Å². The van der Waals surface area contributed by atoms with Crippen LogP contribution in [-0.2, 0) is 11.3 Å². The smallest absolute Gasteiger partial charge is 0.257 e. The number of benzene rings is 1. The molecule has 0 aromatic heterocycles. The van der Waals surface area contributed by atoms with E-state index in [4.69, 9.17) is 4.74 Å². The fourth-order valence-corrected chi connectivity index (χ4v) is 4.53. The normalized spacial score (nSPS) is 24.0. The minimum Gasteiger partial charge on any atom is -0.505 e. The molecule has 154 valence electrons. The van der Waals surface area contributed by atoms with E-state index >= 15 is 0 Å². The molecule has 1 saturated carbocycles. The zero-order valence-corrected chi connectivity index (χ0v) is 17.0. The van der Waals surface area contributed by atoms with Crippen LogP contribution in [0.4, 0.5) is 4.39 Å². The number of phenols is 1. The van der Waals surface area contributed by atoms with Crippen molar-refractivity contribution in [3.63, 3.8) is 0 Å². The second-order valence-corrected chi connectivity index (χ2v) is 8.25. The number of fused-ring (bicyclic) bond motifs is 1. The van der Waals surface area contributed by atoms with Crippen LogP contribution in [-0.4, -0.2) is 41.7 Å². The lowest BCUT2D eigenvalue weighted by Gasteiger charge is -2.35. The first-order valence-corrected chi connectivity index (χ1v) is 10.1. The van der Waals surface area contributed by atoms with Crippen LogP contribution in [0, 0.1) is 17.7 Å². The van der Waals surface area contributed by atoms with Gasteiger partial charge in [-0.15, -0.1) is 0 Å². The first kappa shape index (κ1) is 20.6. The van der Waals surface area contributed by atoms with Gasteiger partial charge in [-0.3, -0.25) is 4.79 Å². The summed E-state index contributed by atoms with van der Waals surface area (Å²) in [5, 5.41) is 13.1. The molecule has 0 saturated heterocycles. The number of carbonyl (C=O) groups excluding carboxylic acids is 1. The third-order valence-electron chi connectivity index (χ3n) is 6.41. The first-order chi connectivity index (χ1) is 13.3. The lowest BCUT2D eigenvalue weighted by Crippen LogP contribution is -2.42. The van der Waals surface area contributed by atoms with Gasteiger partial charge in [-0.25, -0.2) is 4.39 Å². The Labute approximate surface area is 166 Å². The number of amides is 1. The average molecular weight is 390 g/mol. The third kappa shape index (κ3) is 4.17. The predicted molar refractivity (Wildman–Crippen MR) is 106 cm³/mol. The molecular weight excluding hydrogens is 359 g/mol. The van der Waals surface area contributed by atoms with Crippen LogP contribution >= 0.6 is 0 Å². The highest BCUT2D eigenvalue weighted by molar-refractivity contribution is 5.99. The molecule has 2 aliphatic rings. The number of aromatic hydroxyl groups is 1. The maximum Gasteiger partial charge on any atom is 0.257 e. The topological polar surface area (TPSA) is 61.8 Å². The molecule has 2 N–H and O–H groups in total. The van der Waals surface area contributed by atoms with Crippen molar-refractivity contribution >= 4 is 5.91 Å². The number of ether oxygens (including phenoxy) is 1. The number of nitrogens with one attached hydrogen (secondary N) is 1. The zero-order valence-electron chi connectivity index (χ0n) is 17.0.